The zero-order valence-electron chi connectivity index (χ0n) is 11.4. The molecule has 6 heteroatoms. The van der Waals surface area contributed by atoms with Crippen molar-refractivity contribution >= 4 is 10.2 Å². The van der Waals surface area contributed by atoms with E-state index in [2.05, 4.69) is 23.9 Å². The van der Waals surface area contributed by atoms with Crippen LogP contribution in [0.15, 0.2) is 0 Å². The second-order valence-electron chi connectivity index (χ2n) is 5.50. The summed E-state index contributed by atoms with van der Waals surface area (Å²) in [6.07, 6.45) is 4.06. The molecule has 1 saturated carbocycles. The third kappa shape index (κ3) is 3.66. The van der Waals surface area contributed by atoms with E-state index in [9.17, 15) is 8.42 Å². The molecule has 0 bridgehead atoms. The lowest BCUT2D eigenvalue weighted by Gasteiger charge is -2.35. The van der Waals surface area contributed by atoms with Gasteiger partial charge >= 0.3 is 0 Å². The summed E-state index contributed by atoms with van der Waals surface area (Å²) < 4.78 is 28.7. The molecule has 0 aromatic heterocycles. The molecule has 1 aliphatic heterocycles. The summed E-state index contributed by atoms with van der Waals surface area (Å²) in [4.78, 5) is 0. The van der Waals surface area contributed by atoms with Crippen LogP contribution in [-0.2, 0) is 10.2 Å². The molecule has 106 valence electrons. The predicted molar refractivity (Wildman–Crippen MR) is 72.5 cm³/mol. The maximum atomic E-state index is 12.2. The first-order chi connectivity index (χ1) is 8.53. The van der Waals surface area contributed by atoms with Crippen molar-refractivity contribution < 1.29 is 8.42 Å². The van der Waals surface area contributed by atoms with Gasteiger partial charge in [-0.1, -0.05) is 6.92 Å². The smallest absolute Gasteiger partial charge is 0.279 e. The van der Waals surface area contributed by atoms with Crippen LogP contribution in [0.4, 0.5) is 0 Å². The molecule has 0 aromatic carbocycles. The van der Waals surface area contributed by atoms with E-state index in [0.717, 1.165) is 32.2 Å². The van der Waals surface area contributed by atoms with Crippen LogP contribution in [0.1, 0.15) is 39.5 Å². The predicted octanol–water partition coefficient (Wildman–Crippen LogP) is 0.693. The van der Waals surface area contributed by atoms with Crippen LogP contribution in [0.5, 0.6) is 0 Å². The van der Waals surface area contributed by atoms with Gasteiger partial charge in [-0.2, -0.15) is 17.4 Å². The fraction of sp³-hybridized carbons (Fsp3) is 1.00. The molecule has 2 rings (SSSR count). The Morgan fingerprint density at radius 1 is 1.33 bits per heavy atom. The molecule has 1 heterocycles. The van der Waals surface area contributed by atoms with Gasteiger partial charge in [0, 0.05) is 25.2 Å². The number of nitrogens with one attached hydrogen (secondary N) is 2. The van der Waals surface area contributed by atoms with Gasteiger partial charge in [0.05, 0.1) is 0 Å². The average Bonchev–Trinajstić information content (AvgIpc) is 3.13. The average molecular weight is 275 g/mol. The van der Waals surface area contributed by atoms with E-state index in [0.29, 0.717) is 25.0 Å². The SMILES string of the molecule is CCNC(C)C1CCCN(S(=O)(=O)NC2CC2)C1. The van der Waals surface area contributed by atoms with Crippen molar-refractivity contribution in [2.45, 2.75) is 51.6 Å². The molecule has 1 aliphatic carbocycles. The van der Waals surface area contributed by atoms with Crippen molar-refractivity contribution in [2.75, 3.05) is 19.6 Å². The molecule has 2 aliphatic rings. The summed E-state index contributed by atoms with van der Waals surface area (Å²) in [7, 11) is -3.25. The normalized spacial score (nSPS) is 28.2. The van der Waals surface area contributed by atoms with Gasteiger partial charge in [0.25, 0.3) is 10.2 Å². The van der Waals surface area contributed by atoms with Gasteiger partial charge in [-0.25, -0.2) is 0 Å². The molecule has 0 spiro atoms. The molecule has 2 atom stereocenters. The van der Waals surface area contributed by atoms with Crippen LogP contribution in [0.2, 0.25) is 0 Å². The Morgan fingerprint density at radius 3 is 2.67 bits per heavy atom. The van der Waals surface area contributed by atoms with Crippen molar-refractivity contribution in [2.24, 2.45) is 5.92 Å². The molecule has 0 radical (unpaired) electrons. The van der Waals surface area contributed by atoms with Gasteiger partial charge in [0.2, 0.25) is 0 Å². The van der Waals surface area contributed by atoms with Gasteiger partial charge in [-0.05, 0) is 45.1 Å². The Labute approximate surface area is 110 Å². The minimum atomic E-state index is -3.25. The zero-order chi connectivity index (χ0) is 13.2. The quantitative estimate of drug-likeness (QED) is 0.750. The number of rotatable bonds is 6. The summed E-state index contributed by atoms with van der Waals surface area (Å²) in [5.41, 5.74) is 0. The molecule has 1 saturated heterocycles. The van der Waals surface area contributed by atoms with Crippen molar-refractivity contribution in [3.8, 4) is 0 Å². The third-order valence-electron chi connectivity index (χ3n) is 3.89. The van der Waals surface area contributed by atoms with Crippen molar-refractivity contribution in [3.63, 3.8) is 0 Å². The lowest BCUT2D eigenvalue weighted by molar-refractivity contribution is 0.223. The Hall–Kier alpha value is -0.170. The first-order valence-corrected chi connectivity index (χ1v) is 8.47. The number of nitrogens with zero attached hydrogens (tertiary/aromatic N) is 1. The standard InChI is InChI=1S/C12H25N3O2S/c1-3-13-10(2)11-5-4-8-15(9-11)18(16,17)14-12-6-7-12/h10-14H,3-9H2,1-2H3. The highest BCUT2D eigenvalue weighted by molar-refractivity contribution is 7.87. The van der Waals surface area contributed by atoms with E-state index in [1.807, 2.05) is 0 Å². The Balaban J connectivity index is 1.92. The number of piperidine rings is 1. The maximum absolute atomic E-state index is 12.2. The molecule has 2 N–H and O–H groups in total. The van der Waals surface area contributed by atoms with Gasteiger partial charge in [-0.3, -0.25) is 0 Å². The molecule has 2 fully saturated rings. The van der Waals surface area contributed by atoms with E-state index >= 15 is 0 Å². The summed E-state index contributed by atoms with van der Waals surface area (Å²) in [6.45, 7) is 6.49. The molecule has 18 heavy (non-hydrogen) atoms. The monoisotopic (exact) mass is 275 g/mol. The maximum Gasteiger partial charge on any atom is 0.279 e. The second-order valence-corrected chi connectivity index (χ2v) is 7.21. The lowest BCUT2D eigenvalue weighted by atomic mass is 9.93. The van der Waals surface area contributed by atoms with E-state index in [4.69, 9.17) is 0 Å². The molecular formula is C12H25N3O2S. The van der Waals surface area contributed by atoms with E-state index < -0.39 is 10.2 Å². The third-order valence-corrected chi connectivity index (χ3v) is 5.53. The fourth-order valence-corrected chi connectivity index (χ4v) is 4.14. The van der Waals surface area contributed by atoms with E-state index in [1.165, 1.54) is 0 Å². The highest BCUT2D eigenvalue weighted by Crippen LogP contribution is 2.24. The summed E-state index contributed by atoms with van der Waals surface area (Å²) in [6, 6.07) is 0.579. The number of hydrogen-bond acceptors (Lipinski definition) is 3. The minimum absolute atomic E-state index is 0.196. The summed E-state index contributed by atoms with van der Waals surface area (Å²) in [5, 5.41) is 3.40. The van der Waals surface area contributed by atoms with Gasteiger partial charge in [-0.15, -0.1) is 0 Å². The Kier molecular flexibility index (Phi) is 4.64. The molecular weight excluding hydrogens is 250 g/mol. The topological polar surface area (TPSA) is 61.4 Å². The molecule has 0 aromatic rings. The summed E-state index contributed by atoms with van der Waals surface area (Å²) >= 11 is 0. The molecule has 2 unspecified atom stereocenters. The first kappa shape index (κ1) is 14.2. The van der Waals surface area contributed by atoms with Crippen molar-refractivity contribution in [3.05, 3.63) is 0 Å². The zero-order valence-corrected chi connectivity index (χ0v) is 12.2. The fourth-order valence-electron chi connectivity index (χ4n) is 2.58. The first-order valence-electron chi connectivity index (χ1n) is 7.03. The highest BCUT2D eigenvalue weighted by atomic mass is 32.2. The van der Waals surface area contributed by atoms with Gasteiger partial charge < -0.3 is 5.32 Å². The van der Waals surface area contributed by atoms with Crippen LogP contribution in [-0.4, -0.2) is 44.4 Å². The number of hydrogen-bond donors (Lipinski definition) is 2. The van der Waals surface area contributed by atoms with Gasteiger partial charge in [0.15, 0.2) is 0 Å². The minimum Gasteiger partial charge on any atom is -0.314 e. The summed E-state index contributed by atoms with van der Waals surface area (Å²) in [5.74, 6) is 0.425. The van der Waals surface area contributed by atoms with Crippen LogP contribution in [0.25, 0.3) is 0 Å². The van der Waals surface area contributed by atoms with Crippen LogP contribution in [0.3, 0.4) is 0 Å². The van der Waals surface area contributed by atoms with E-state index in [1.54, 1.807) is 4.31 Å². The highest BCUT2D eigenvalue weighted by Gasteiger charge is 2.34. The second kappa shape index (κ2) is 5.86. The Morgan fingerprint density at radius 2 is 2.06 bits per heavy atom. The van der Waals surface area contributed by atoms with Crippen molar-refractivity contribution in [1.29, 1.82) is 0 Å². The van der Waals surface area contributed by atoms with Crippen LogP contribution in [0, 0.1) is 5.92 Å². The lowest BCUT2D eigenvalue weighted by Crippen LogP contribution is -2.50. The van der Waals surface area contributed by atoms with Crippen LogP contribution >= 0.6 is 0 Å². The largest absolute Gasteiger partial charge is 0.314 e. The Bertz CT molecular complexity index is 368. The van der Waals surface area contributed by atoms with Gasteiger partial charge in [0.1, 0.15) is 0 Å². The van der Waals surface area contributed by atoms with Crippen LogP contribution < -0.4 is 10.0 Å². The molecule has 0 amide bonds. The van der Waals surface area contributed by atoms with Crippen molar-refractivity contribution in [1.82, 2.24) is 14.3 Å². The van der Waals surface area contributed by atoms with E-state index in [-0.39, 0.29) is 6.04 Å². The molecule has 5 nitrogen and oxygen atoms in total.